The molecule has 1 aromatic heterocycles. The van der Waals surface area contributed by atoms with Gasteiger partial charge in [0.25, 0.3) is 5.91 Å². The van der Waals surface area contributed by atoms with E-state index in [4.69, 9.17) is 4.74 Å². The van der Waals surface area contributed by atoms with Crippen molar-refractivity contribution in [3.63, 3.8) is 0 Å². The van der Waals surface area contributed by atoms with Crippen LogP contribution in [0.4, 0.5) is 10.8 Å². The minimum atomic E-state index is -0.627. The first kappa shape index (κ1) is 19.7. The first-order chi connectivity index (χ1) is 12.5. The molecule has 138 valence electrons. The van der Waals surface area contributed by atoms with Gasteiger partial charge < -0.3 is 15.4 Å². The minimum Gasteiger partial charge on any atom is -0.451 e. The van der Waals surface area contributed by atoms with Crippen LogP contribution in [0, 0.1) is 0 Å². The number of hydrogen-bond donors (Lipinski definition) is 2. The Labute approximate surface area is 157 Å². The zero-order valence-corrected chi connectivity index (χ0v) is 15.8. The molecular weight excluding hydrogens is 350 g/mol. The van der Waals surface area contributed by atoms with Crippen LogP contribution in [0.15, 0.2) is 42.3 Å². The molecule has 0 aliphatic carbocycles. The fourth-order valence-corrected chi connectivity index (χ4v) is 2.95. The Morgan fingerprint density at radius 2 is 2.15 bits per heavy atom. The number of nitrogens with one attached hydrogen (secondary N) is 2. The van der Waals surface area contributed by atoms with Gasteiger partial charge in [-0.2, -0.15) is 0 Å². The van der Waals surface area contributed by atoms with E-state index in [9.17, 15) is 9.59 Å². The van der Waals surface area contributed by atoms with E-state index < -0.39 is 5.97 Å². The number of aromatic nitrogens is 1. The van der Waals surface area contributed by atoms with E-state index in [-0.39, 0.29) is 18.2 Å². The standard InChI is InChI=1S/C19H23N3O3S/c1-4-10-20-19-22-16(12-26-19)18(24)25-11-17(23)21-15-9-7-6-8-14(15)13(3)5-2/h4,6-9,12-13H,1,5,10-11H2,2-3H3,(H,20,22)(H,21,23). The maximum Gasteiger partial charge on any atom is 0.358 e. The monoisotopic (exact) mass is 373 g/mol. The lowest BCUT2D eigenvalue weighted by Gasteiger charge is -2.15. The Morgan fingerprint density at radius 3 is 2.88 bits per heavy atom. The van der Waals surface area contributed by atoms with Gasteiger partial charge in [0.1, 0.15) is 0 Å². The molecule has 0 aliphatic rings. The van der Waals surface area contributed by atoms with E-state index in [0.29, 0.717) is 17.6 Å². The van der Waals surface area contributed by atoms with Gasteiger partial charge in [0, 0.05) is 17.6 Å². The second kappa shape index (κ2) is 9.72. The Kier molecular flexibility index (Phi) is 7.35. The van der Waals surface area contributed by atoms with Crippen molar-refractivity contribution in [2.24, 2.45) is 0 Å². The van der Waals surface area contributed by atoms with Crippen LogP contribution in [-0.4, -0.2) is 30.0 Å². The summed E-state index contributed by atoms with van der Waals surface area (Å²) in [5.41, 5.74) is 1.98. The molecule has 0 radical (unpaired) electrons. The molecule has 0 saturated heterocycles. The van der Waals surface area contributed by atoms with E-state index in [1.807, 2.05) is 24.3 Å². The van der Waals surface area contributed by atoms with Crippen molar-refractivity contribution in [2.45, 2.75) is 26.2 Å². The highest BCUT2D eigenvalue weighted by molar-refractivity contribution is 7.13. The lowest BCUT2D eigenvalue weighted by Crippen LogP contribution is -2.22. The summed E-state index contributed by atoms with van der Waals surface area (Å²) in [7, 11) is 0. The zero-order valence-electron chi connectivity index (χ0n) is 15.0. The number of nitrogens with zero attached hydrogens (tertiary/aromatic N) is 1. The number of ether oxygens (including phenoxy) is 1. The van der Waals surface area contributed by atoms with Crippen LogP contribution in [0.3, 0.4) is 0 Å². The van der Waals surface area contributed by atoms with Crippen molar-refractivity contribution in [2.75, 3.05) is 23.8 Å². The zero-order chi connectivity index (χ0) is 18.9. The molecule has 1 unspecified atom stereocenters. The molecule has 7 heteroatoms. The molecule has 1 aromatic carbocycles. The summed E-state index contributed by atoms with van der Waals surface area (Å²) in [5, 5.41) is 7.99. The summed E-state index contributed by atoms with van der Waals surface area (Å²) in [5.74, 6) is -0.682. The SMILES string of the molecule is C=CCNc1nc(C(=O)OCC(=O)Nc2ccccc2C(C)CC)cs1. The maximum atomic E-state index is 12.1. The summed E-state index contributed by atoms with van der Waals surface area (Å²) < 4.78 is 5.05. The number of amides is 1. The van der Waals surface area contributed by atoms with Gasteiger partial charge in [-0.15, -0.1) is 17.9 Å². The molecule has 0 aliphatic heterocycles. The van der Waals surface area contributed by atoms with E-state index in [1.165, 1.54) is 11.3 Å². The van der Waals surface area contributed by atoms with Gasteiger partial charge in [-0.1, -0.05) is 38.1 Å². The third kappa shape index (κ3) is 5.42. The van der Waals surface area contributed by atoms with Crippen molar-refractivity contribution >= 4 is 34.0 Å². The van der Waals surface area contributed by atoms with Gasteiger partial charge >= 0.3 is 5.97 Å². The number of rotatable bonds is 9. The molecule has 6 nitrogen and oxygen atoms in total. The molecular formula is C19H23N3O3S. The van der Waals surface area contributed by atoms with Crippen LogP contribution in [0.1, 0.15) is 42.2 Å². The van der Waals surface area contributed by atoms with Gasteiger partial charge in [-0.3, -0.25) is 4.79 Å². The Morgan fingerprint density at radius 1 is 1.38 bits per heavy atom. The van der Waals surface area contributed by atoms with E-state index in [1.54, 1.807) is 11.5 Å². The molecule has 1 amide bonds. The second-order valence-corrected chi connectivity index (χ2v) is 6.59. The molecule has 0 bridgehead atoms. The fraction of sp³-hybridized carbons (Fsp3) is 0.316. The van der Waals surface area contributed by atoms with Crippen molar-refractivity contribution in [1.82, 2.24) is 4.98 Å². The molecule has 0 fully saturated rings. The average Bonchev–Trinajstić information content (AvgIpc) is 3.13. The van der Waals surface area contributed by atoms with Crippen LogP contribution in [0.2, 0.25) is 0 Å². The Hall–Kier alpha value is -2.67. The predicted octanol–water partition coefficient (Wildman–Crippen LogP) is 4.05. The molecule has 0 saturated carbocycles. The molecule has 1 atom stereocenters. The summed E-state index contributed by atoms with van der Waals surface area (Å²) in [4.78, 5) is 28.2. The molecule has 26 heavy (non-hydrogen) atoms. The van der Waals surface area contributed by atoms with Gasteiger partial charge in [0.2, 0.25) is 0 Å². The third-order valence-electron chi connectivity index (χ3n) is 3.82. The molecule has 2 aromatic rings. The number of hydrogen-bond acceptors (Lipinski definition) is 6. The Balaban J connectivity index is 1.90. The van der Waals surface area contributed by atoms with Crippen LogP contribution >= 0.6 is 11.3 Å². The quantitative estimate of drug-likeness (QED) is 0.512. The van der Waals surface area contributed by atoms with Crippen LogP contribution < -0.4 is 10.6 Å². The number of carbonyl (C=O) groups excluding carboxylic acids is 2. The van der Waals surface area contributed by atoms with Gasteiger partial charge in [0.05, 0.1) is 0 Å². The van der Waals surface area contributed by atoms with Crippen LogP contribution in [0.25, 0.3) is 0 Å². The lowest BCUT2D eigenvalue weighted by atomic mass is 9.97. The number of anilines is 2. The number of esters is 1. The topological polar surface area (TPSA) is 80.3 Å². The van der Waals surface area contributed by atoms with Gasteiger partial charge in [-0.05, 0) is 24.0 Å². The van der Waals surface area contributed by atoms with Crippen LogP contribution in [-0.2, 0) is 9.53 Å². The third-order valence-corrected chi connectivity index (χ3v) is 4.62. The highest BCUT2D eigenvalue weighted by Gasteiger charge is 2.15. The summed E-state index contributed by atoms with van der Waals surface area (Å²) in [6.45, 7) is 7.99. The van der Waals surface area contributed by atoms with E-state index in [0.717, 1.165) is 17.7 Å². The predicted molar refractivity (Wildman–Crippen MR) is 105 cm³/mol. The van der Waals surface area contributed by atoms with Crippen molar-refractivity contribution in [1.29, 1.82) is 0 Å². The number of para-hydroxylation sites is 1. The summed E-state index contributed by atoms with van der Waals surface area (Å²) in [6, 6.07) is 7.64. The van der Waals surface area contributed by atoms with Crippen molar-refractivity contribution < 1.29 is 14.3 Å². The normalized spacial score (nSPS) is 11.5. The van der Waals surface area contributed by atoms with E-state index in [2.05, 4.69) is 36.0 Å². The number of benzene rings is 1. The lowest BCUT2D eigenvalue weighted by molar-refractivity contribution is -0.119. The summed E-state index contributed by atoms with van der Waals surface area (Å²) >= 11 is 1.29. The average molecular weight is 373 g/mol. The first-order valence-electron chi connectivity index (χ1n) is 8.41. The second-order valence-electron chi connectivity index (χ2n) is 5.73. The highest BCUT2D eigenvalue weighted by atomic mass is 32.1. The maximum absolute atomic E-state index is 12.1. The number of carbonyl (C=O) groups is 2. The molecule has 2 rings (SSSR count). The molecule has 1 heterocycles. The largest absolute Gasteiger partial charge is 0.451 e. The first-order valence-corrected chi connectivity index (χ1v) is 9.29. The van der Waals surface area contributed by atoms with Crippen molar-refractivity contribution in [3.8, 4) is 0 Å². The van der Waals surface area contributed by atoms with E-state index >= 15 is 0 Å². The smallest absolute Gasteiger partial charge is 0.358 e. The minimum absolute atomic E-state index is 0.175. The number of thiazole rings is 1. The fourth-order valence-electron chi connectivity index (χ4n) is 2.26. The molecule has 2 N–H and O–H groups in total. The van der Waals surface area contributed by atoms with Gasteiger partial charge in [-0.25, -0.2) is 9.78 Å². The Bertz CT molecular complexity index is 773. The highest BCUT2D eigenvalue weighted by Crippen LogP contribution is 2.26. The molecule has 0 spiro atoms. The van der Waals surface area contributed by atoms with Crippen molar-refractivity contribution in [3.05, 3.63) is 53.6 Å². The van der Waals surface area contributed by atoms with Crippen LogP contribution in [0.5, 0.6) is 0 Å². The summed E-state index contributed by atoms with van der Waals surface area (Å²) in [6.07, 6.45) is 2.66. The van der Waals surface area contributed by atoms with Gasteiger partial charge in [0.15, 0.2) is 17.4 Å².